The molecule has 1 atom stereocenters. The van der Waals surface area contributed by atoms with E-state index in [0.29, 0.717) is 18.7 Å². The summed E-state index contributed by atoms with van der Waals surface area (Å²) in [5.41, 5.74) is 0.463. The lowest BCUT2D eigenvalue weighted by atomic mass is 9.78. The fraction of sp³-hybridized carbons (Fsp3) is 0.476. The van der Waals surface area contributed by atoms with Crippen LogP contribution in [0.4, 0.5) is 0 Å². The maximum Gasteiger partial charge on any atom is 0.255 e. The Balaban J connectivity index is 1.73. The van der Waals surface area contributed by atoms with E-state index in [1.54, 1.807) is 42.8 Å². The average Bonchev–Trinajstić information content (AvgIpc) is 3.06. The van der Waals surface area contributed by atoms with Crippen LogP contribution < -0.4 is 0 Å². The quantitative estimate of drug-likeness (QED) is 0.733. The van der Waals surface area contributed by atoms with Gasteiger partial charge in [-0.2, -0.15) is 0 Å². The van der Waals surface area contributed by atoms with Crippen LogP contribution in [0.3, 0.4) is 0 Å². The molecule has 0 radical (unpaired) electrons. The molecule has 3 heterocycles. The predicted molar refractivity (Wildman–Crippen MR) is 104 cm³/mol. The maximum atomic E-state index is 12.8. The van der Waals surface area contributed by atoms with Gasteiger partial charge in [-0.3, -0.25) is 14.6 Å². The highest BCUT2D eigenvalue weighted by Crippen LogP contribution is 2.34. The molecule has 28 heavy (non-hydrogen) atoms. The number of nitrogens with zero attached hydrogens (tertiary/aromatic N) is 3. The second-order valence-electron chi connectivity index (χ2n) is 8.58. The first-order chi connectivity index (χ1) is 13.1. The van der Waals surface area contributed by atoms with Gasteiger partial charge < -0.3 is 19.7 Å². The second kappa shape index (κ2) is 7.14. The van der Waals surface area contributed by atoms with E-state index in [2.05, 4.69) is 11.9 Å². The van der Waals surface area contributed by atoms with Crippen molar-refractivity contribution in [3.63, 3.8) is 0 Å². The lowest BCUT2D eigenvalue weighted by molar-refractivity contribution is 0.0123. The van der Waals surface area contributed by atoms with Crippen LogP contribution in [0.15, 0.2) is 36.7 Å². The molecule has 3 rings (SSSR count). The summed E-state index contributed by atoms with van der Waals surface area (Å²) in [7, 11) is 1.66. The van der Waals surface area contributed by atoms with Crippen molar-refractivity contribution in [2.75, 3.05) is 19.7 Å². The minimum Gasteiger partial charge on any atom is -0.396 e. The highest BCUT2D eigenvalue weighted by Gasteiger charge is 2.44. The third kappa shape index (κ3) is 3.47. The Bertz CT molecular complexity index is 882. The van der Waals surface area contributed by atoms with Crippen LogP contribution in [0.5, 0.6) is 0 Å². The zero-order valence-electron chi connectivity index (χ0n) is 16.7. The van der Waals surface area contributed by atoms with Crippen molar-refractivity contribution in [1.29, 1.82) is 0 Å². The van der Waals surface area contributed by atoms with Gasteiger partial charge in [0.1, 0.15) is 6.10 Å². The normalized spacial score (nSPS) is 17.1. The Hall–Kier alpha value is -2.51. The lowest BCUT2D eigenvalue weighted by Gasteiger charge is -2.47. The Morgan fingerprint density at radius 3 is 2.57 bits per heavy atom. The summed E-state index contributed by atoms with van der Waals surface area (Å²) in [6.07, 6.45) is 2.00. The first kappa shape index (κ1) is 20.2. The minimum absolute atomic E-state index is 0.154. The van der Waals surface area contributed by atoms with Crippen molar-refractivity contribution >= 4 is 11.7 Å². The van der Waals surface area contributed by atoms with Crippen LogP contribution in [0.2, 0.25) is 0 Å². The maximum absolute atomic E-state index is 12.8. The molecule has 1 saturated heterocycles. The first-order valence-electron chi connectivity index (χ1n) is 9.29. The van der Waals surface area contributed by atoms with Crippen molar-refractivity contribution < 1.29 is 19.8 Å². The Morgan fingerprint density at radius 2 is 2.00 bits per heavy atom. The molecule has 0 bridgehead atoms. The smallest absolute Gasteiger partial charge is 0.255 e. The Labute approximate surface area is 164 Å². The zero-order valence-corrected chi connectivity index (χ0v) is 16.7. The summed E-state index contributed by atoms with van der Waals surface area (Å²) in [6, 6.07) is 7.28. The van der Waals surface area contributed by atoms with E-state index in [4.69, 9.17) is 0 Å². The predicted octanol–water partition coefficient (Wildman–Crippen LogP) is 1.40. The van der Waals surface area contributed by atoms with E-state index in [-0.39, 0.29) is 23.6 Å². The van der Waals surface area contributed by atoms with Crippen molar-refractivity contribution in [3.8, 4) is 0 Å². The summed E-state index contributed by atoms with van der Waals surface area (Å²) in [5, 5.41) is 19.7. The van der Waals surface area contributed by atoms with E-state index in [0.717, 1.165) is 5.69 Å². The summed E-state index contributed by atoms with van der Waals surface area (Å²) >= 11 is 0. The fourth-order valence-electron chi connectivity index (χ4n) is 3.51. The number of hydrogen-bond acceptors (Lipinski definition) is 5. The molecular formula is C21H27N3O4. The number of aliphatic hydroxyl groups is 2. The number of rotatable bonds is 6. The molecule has 0 saturated carbocycles. The first-order valence-corrected chi connectivity index (χ1v) is 9.29. The van der Waals surface area contributed by atoms with Crippen molar-refractivity contribution in [1.82, 2.24) is 14.5 Å². The van der Waals surface area contributed by atoms with Gasteiger partial charge in [0, 0.05) is 49.1 Å². The van der Waals surface area contributed by atoms with Crippen LogP contribution >= 0.6 is 0 Å². The number of amides is 1. The summed E-state index contributed by atoms with van der Waals surface area (Å²) in [4.78, 5) is 31.6. The highest BCUT2D eigenvalue weighted by atomic mass is 16.3. The third-order valence-electron chi connectivity index (χ3n) is 5.55. The summed E-state index contributed by atoms with van der Waals surface area (Å²) in [6.45, 7) is 6.09. The lowest BCUT2D eigenvalue weighted by Crippen LogP contribution is -2.59. The van der Waals surface area contributed by atoms with Crippen LogP contribution in [0.1, 0.15) is 47.3 Å². The summed E-state index contributed by atoms with van der Waals surface area (Å²) < 4.78 is 1.55. The number of pyridine rings is 1. The molecule has 1 aliphatic heterocycles. The van der Waals surface area contributed by atoms with Crippen molar-refractivity contribution in [2.24, 2.45) is 12.5 Å². The molecule has 2 aromatic heterocycles. The Morgan fingerprint density at radius 1 is 1.32 bits per heavy atom. The van der Waals surface area contributed by atoms with Crippen LogP contribution in [-0.4, -0.2) is 62.2 Å². The molecule has 0 aromatic carbocycles. The van der Waals surface area contributed by atoms with E-state index < -0.39 is 17.3 Å². The van der Waals surface area contributed by atoms with E-state index in [9.17, 15) is 19.8 Å². The van der Waals surface area contributed by atoms with Gasteiger partial charge in [0.25, 0.3) is 5.91 Å². The van der Waals surface area contributed by atoms with Crippen LogP contribution in [-0.2, 0) is 12.5 Å². The molecule has 7 nitrogen and oxygen atoms in total. The number of carbonyl (C=O) groups is 2. The van der Waals surface area contributed by atoms with Gasteiger partial charge in [-0.05, 0) is 18.2 Å². The van der Waals surface area contributed by atoms with Gasteiger partial charge in [-0.25, -0.2) is 0 Å². The molecule has 0 unspecified atom stereocenters. The van der Waals surface area contributed by atoms with Crippen molar-refractivity contribution in [3.05, 3.63) is 53.6 Å². The van der Waals surface area contributed by atoms with Crippen molar-refractivity contribution in [2.45, 2.75) is 32.3 Å². The topological polar surface area (TPSA) is 95.7 Å². The average molecular weight is 385 g/mol. The number of aromatic nitrogens is 2. The van der Waals surface area contributed by atoms with E-state index in [1.165, 1.54) is 6.07 Å². The molecule has 2 aromatic rings. The van der Waals surface area contributed by atoms with Gasteiger partial charge >= 0.3 is 0 Å². The SMILES string of the molecule is Cn1cc(C(=O)N2CC(C)(c3ccccn3)C2)cc1C(=O)[C@H](O)C(C)(C)CO. The molecule has 1 aliphatic rings. The molecule has 7 heteroatoms. The van der Waals surface area contributed by atoms with Gasteiger partial charge in [-0.1, -0.05) is 26.8 Å². The number of aryl methyl sites for hydroxylation is 1. The molecule has 2 N–H and O–H groups in total. The number of hydrogen-bond donors (Lipinski definition) is 2. The summed E-state index contributed by atoms with van der Waals surface area (Å²) in [5.74, 6) is -0.665. The van der Waals surface area contributed by atoms with Gasteiger partial charge in [0.2, 0.25) is 5.78 Å². The van der Waals surface area contributed by atoms with Gasteiger partial charge in [-0.15, -0.1) is 0 Å². The monoisotopic (exact) mass is 385 g/mol. The standard InChI is InChI=1S/C21H27N3O4/c1-20(2,13-25)18(27)17(26)15-9-14(10-23(15)4)19(28)24-11-21(3,12-24)16-7-5-6-8-22-16/h5-10,18,25,27H,11-13H2,1-4H3/t18-/m0/s1. The fourth-order valence-corrected chi connectivity index (χ4v) is 3.51. The van der Waals surface area contributed by atoms with Gasteiger partial charge in [0.05, 0.1) is 17.9 Å². The molecular weight excluding hydrogens is 358 g/mol. The number of Topliss-reactive ketones (excluding diaryl/α,β-unsaturated/α-hetero) is 1. The molecule has 0 aliphatic carbocycles. The largest absolute Gasteiger partial charge is 0.396 e. The van der Waals surface area contributed by atoms with Gasteiger partial charge in [0.15, 0.2) is 0 Å². The Kier molecular flexibility index (Phi) is 5.16. The zero-order chi connectivity index (χ0) is 20.7. The molecule has 0 spiro atoms. The number of likely N-dealkylation sites (tertiary alicyclic amines) is 1. The number of ketones is 1. The molecule has 1 fully saturated rings. The van der Waals surface area contributed by atoms with E-state index in [1.807, 2.05) is 18.2 Å². The third-order valence-corrected chi connectivity index (χ3v) is 5.55. The second-order valence-corrected chi connectivity index (χ2v) is 8.58. The number of aliphatic hydroxyl groups excluding tert-OH is 2. The molecule has 150 valence electrons. The molecule has 1 amide bonds. The minimum atomic E-state index is -1.36. The highest BCUT2D eigenvalue weighted by molar-refractivity contribution is 6.02. The van der Waals surface area contributed by atoms with Crippen LogP contribution in [0, 0.1) is 5.41 Å². The van der Waals surface area contributed by atoms with E-state index >= 15 is 0 Å². The number of carbonyl (C=O) groups excluding carboxylic acids is 2. The van der Waals surface area contributed by atoms with Crippen LogP contribution in [0.25, 0.3) is 0 Å².